The highest BCUT2D eigenvalue weighted by Crippen LogP contribution is 2.38. The van der Waals surface area contributed by atoms with E-state index in [1.165, 1.54) is 25.1 Å². The lowest BCUT2D eigenvalue weighted by atomic mass is 10.1. The van der Waals surface area contributed by atoms with E-state index in [1.807, 2.05) is 0 Å². The van der Waals surface area contributed by atoms with E-state index >= 15 is 0 Å². The topological polar surface area (TPSA) is 65.2 Å². The van der Waals surface area contributed by atoms with E-state index in [0.29, 0.717) is 23.2 Å². The first-order valence-corrected chi connectivity index (χ1v) is 6.39. The van der Waals surface area contributed by atoms with Crippen molar-refractivity contribution >= 4 is 5.78 Å². The number of halogens is 1. The molecule has 0 spiro atoms. The van der Waals surface area contributed by atoms with Gasteiger partial charge in [-0.25, -0.2) is 4.39 Å². The summed E-state index contributed by atoms with van der Waals surface area (Å²) >= 11 is 0. The third kappa shape index (κ3) is 2.68. The number of hydrogen-bond acceptors (Lipinski definition) is 5. The standard InChI is InChI=1S/C14H13FN2O3/c1-8(18)11-5-4-10(15)6-12(11)19-7-13-16-14(17-20-13)9-2-3-9/h4-6,9H,2-3,7H2,1H3. The summed E-state index contributed by atoms with van der Waals surface area (Å²) in [6, 6.07) is 3.80. The van der Waals surface area contributed by atoms with Gasteiger partial charge in [0, 0.05) is 12.0 Å². The molecule has 6 heteroatoms. The fourth-order valence-corrected chi connectivity index (χ4v) is 1.88. The maximum absolute atomic E-state index is 13.2. The number of hydrogen-bond donors (Lipinski definition) is 0. The molecule has 3 rings (SSSR count). The Labute approximate surface area is 114 Å². The Balaban J connectivity index is 1.73. The molecule has 2 aromatic rings. The van der Waals surface area contributed by atoms with Crippen molar-refractivity contribution in [1.29, 1.82) is 0 Å². The molecule has 0 unspecified atom stereocenters. The number of Topliss-reactive ketones (excluding diaryl/α,β-unsaturated/α-hetero) is 1. The van der Waals surface area contributed by atoms with Crippen LogP contribution in [0.2, 0.25) is 0 Å². The van der Waals surface area contributed by atoms with Gasteiger partial charge in [0.25, 0.3) is 5.89 Å². The van der Waals surface area contributed by atoms with E-state index in [2.05, 4.69) is 10.1 Å². The van der Waals surface area contributed by atoms with E-state index in [4.69, 9.17) is 9.26 Å². The van der Waals surface area contributed by atoms with Crippen LogP contribution in [0, 0.1) is 5.82 Å². The van der Waals surface area contributed by atoms with Crippen molar-refractivity contribution in [2.45, 2.75) is 32.3 Å². The van der Waals surface area contributed by atoms with E-state index < -0.39 is 5.82 Å². The molecule has 0 bridgehead atoms. The molecule has 0 atom stereocenters. The summed E-state index contributed by atoms with van der Waals surface area (Å²) in [6.45, 7) is 1.42. The zero-order valence-electron chi connectivity index (χ0n) is 10.9. The van der Waals surface area contributed by atoms with Crippen molar-refractivity contribution < 1.29 is 18.4 Å². The Hall–Kier alpha value is -2.24. The molecule has 1 aliphatic carbocycles. The van der Waals surface area contributed by atoms with Gasteiger partial charge in [-0.3, -0.25) is 4.79 Å². The minimum Gasteiger partial charge on any atom is -0.483 e. The highest BCUT2D eigenvalue weighted by Gasteiger charge is 2.28. The van der Waals surface area contributed by atoms with Crippen LogP contribution in [0.1, 0.15) is 47.8 Å². The summed E-state index contributed by atoms with van der Waals surface area (Å²) in [5, 5.41) is 3.86. The van der Waals surface area contributed by atoms with Crippen LogP contribution in [0.15, 0.2) is 22.7 Å². The Morgan fingerprint density at radius 1 is 1.50 bits per heavy atom. The van der Waals surface area contributed by atoms with Gasteiger partial charge in [-0.1, -0.05) is 5.16 Å². The molecule has 0 radical (unpaired) electrons. The third-order valence-corrected chi connectivity index (χ3v) is 3.10. The predicted molar refractivity (Wildman–Crippen MR) is 67.0 cm³/mol. The van der Waals surface area contributed by atoms with Crippen LogP contribution >= 0.6 is 0 Å². The number of nitrogens with zero attached hydrogens (tertiary/aromatic N) is 2. The molecule has 1 fully saturated rings. The van der Waals surface area contributed by atoms with E-state index in [-0.39, 0.29) is 18.1 Å². The lowest BCUT2D eigenvalue weighted by Crippen LogP contribution is -2.02. The molecule has 0 N–H and O–H groups in total. The molecular formula is C14H13FN2O3. The summed E-state index contributed by atoms with van der Waals surface area (Å²) in [5.74, 6) is 0.941. The van der Waals surface area contributed by atoms with Crippen molar-refractivity contribution in [1.82, 2.24) is 10.1 Å². The van der Waals surface area contributed by atoms with Crippen molar-refractivity contribution in [3.63, 3.8) is 0 Å². The van der Waals surface area contributed by atoms with Gasteiger partial charge in [0.1, 0.15) is 11.6 Å². The molecule has 1 aliphatic rings. The Kier molecular flexibility index (Phi) is 3.22. The molecule has 1 aromatic heterocycles. The van der Waals surface area contributed by atoms with Crippen molar-refractivity contribution in [2.75, 3.05) is 0 Å². The lowest BCUT2D eigenvalue weighted by Gasteiger charge is -2.07. The van der Waals surface area contributed by atoms with Gasteiger partial charge in [-0.2, -0.15) is 4.98 Å². The monoisotopic (exact) mass is 276 g/mol. The normalized spacial score (nSPS) is 14.3. The highest BCUT2D eigenvalue weighted by molar-refractivity contribution is 5.96. The quantitative estimate of drug-likeness (QED) is 0.786. The number of ether oxygens (including phenoxy) is 1. The summed E-state index contributed by atoms with van der Waals surface area (Å²) in [7, 11) is 0. The first-order valence-electron chi connectivity index (χ1n) is 6.39. The second kappa shape index (κ2) is 5.03. The van der Waals surface area contributed by atoms with Crippen LogP contribution in [0.25, 0.3) is 0 Å². The fourth-order valence-electron chi connectivity index (χ4n) is 1.88. The van der Waals surface area contributed by atoms with Crippen molar-refractivity contribution in [2.24, 2.45) is 0 Å². The number of benzene rings is 1. The number of carbonyl (C=O) groups excluding carboxylic acids is 1. The number of rotatable bonds is 5. The molecule has 0 saturated heterocycles. The summed E-state index contributed by atoms with van der Waals surface area (Å²) in [5.41, 5.74) is 0.327. The number of ketones is 1. The van der Waals surface area contributed by atoms with Crippen LogP contribution < -0.4 is 4.74 Å². The summed E-state index contributed by atoms with van der Waals surface area (Å²) in [4.78, 5) is 15.6. The maximum Gasteiger partial charge on any atom is 0.264 e. The molecule has 0 aliphatic heterocycles. The number of aromatic nitrogens is 2. The zero-order valence-corrected chi connectivity index (χ0v) is 10.9. The average molecular weight is 276 g/mol. The molecule has 104 valence electrons. The molecule has 1 saturated carbocycles. The van der Waals surface area contributed by atoms with Crippen LogP contribution in [0.4, 0.5) is 4.39 Å². The molecule has 0 amide bonds. The van der Waals surface area contributed by atoms with E-state index in [9.17, 15) is 9.18 Å². The fraction of sp³-hybridized carbons (Fsp3) is 0.357. The van der Waals surface area contributed by atoms with Gasteiger partial charge >= 0.3 is 0 Å². The molecule has 1 aromatic carbocycles. The Morgan fingerprint density at radius 2 is 2.30 bits per heavy atom. The van der Waals surface area contributed by atoms with E-state index in [0.717, 1.165) is 12.8 Å². The van der Waals surface area contributed by atoms with Gasteiger partial charge in [-0.15, -0.1) is 0 Å². The zero-order chi connectivity index (χ0) is 14.1. The van der Waals surface area contributed by atoms with Gasteiger partial charge in [0.2, 0.25) is 0 Å². The maximum atomic E-state index is 13.2. The molecular weight excluding hydrogens is 263 g/mol. The minimum atomic E-state index is -0.464. The van der Waals surface area contributed by atoms with Crippen molar-refractivity contribution in [3.05, 3.63) is 41.3 Å². The molecule has 5 nitrogen and oxygen atoms in total. The SMILES string of the molecule is CC(=O)c1ccc(F)cc1OCc1nc(C2CC2)no1. The Bertz CT molecular complexity index is 650. The number of carbonyl (C=O) groups is 1. The first-order chi connectivity index (χ1) is 9.63. The van der Waals surface area contributed by atoms with Crippen LogP contribution in [0.5, 0.6) is 5.75 Å². The van der Waals surface area contributed by atoms with Crippen LogP contribution in [0.3, 0.4) is 0 Å². The van der Waals surface area contributed by atoms with Gasteiger partial charge in [0.15, 0.2) is 18.2 Å². The second-order valence-electron chi connectivity index (χ2n) is 4.81. The van der Waals surface area contributed by atoms with Crippen LogP contribution in [-0.2, 0) is 6.61 Å². The van der Waals surface area contributed by atoms with Gasteiger partial charge in [0.05, 0.1) is 5.56 Å². The average Bonchev–Trinajstić information content (AvgIpc) is 3.15. The largest absolute Gasteiger partial charge is 0.483 e. The highest BCUT2D eigenvalue weighted by atomic mass is 19.1. The second-order valence-corrected chi connectivity index (χ2v) is 4.81. The van der Waals surface area contributed by atoms with Gasteiger partial charge < -0.3 is 9.26 Å². The lowest BCUT2D eigenvalue weighted by molar-refractivity contribution is 0.101. The smallest absolute Gasteiger partial charge is 0.264 e. The summed E-state index contributed by atoms with van der Waals surface area (Å²) < 4.78 is 23.7. The van der Waals surface area contributed by atoms with E-state index in [1.54, 1.807) is 0 Å². The molecule has 1 heterocycles. The van der Waals surface area contributed by atoms with Crippen LogP contribution in [-0.4, -0.2) is 15.9 Å². The molecule has 20 heavy (non-hydrogen) atoms. The van der Waals surface area contributed by atoms with Gasteiger partial charge in [-0.05, 0) is 31.9 Å². The summed E-state index contributed by atoms with van der Waals surface area (Å²) in [6.07, 6.45) is 2.16. The van der Waals surface area contributed by atoms with Crippen molar-refractivity contribution in [3.8, 4) is 5.75 Å². The predicted octanol–water partition coefficient (Wildman–Crippen LogP) is 2.87. The minimum absolute atomic E-state index is 0.0173. The first kappa shape index (κ1) is 12.8. The third-order valence-electron chi connectivity index (χ3n) is 3.10. The Morgan fingerprint density at radius 3 is 3.00 bits per heavy atom.